The van der Waals surface area contributed by atoms with Crippen molar-refractivity contribution in [1.29, 1.82) is 0 Å². The number of nitrogens with zero attached hydrogens (tertiary/aromatic N) is 4. The molecule has 0 aliphatic rings. The molecule has 0 fully saturated rings. The molecule has 0 atom stereocenters. The fraction of sp³-hybridized carbons (Fsp3) is 0.400. The molecule has 10 nitrogen and oxygen atoms in total. The molecule has 3 rings (SSSR count). The van der Waals surface area contributed by atoms with E-state index in [2.05, 4.69) is 25.7 Å². The van der Waals surface area contributed by atoms with Crippen LogP contribution in [0.2, 0.25) is 0 Å². The van der Waals surface area contributed by atoms with Gasteiger partial charge in [-0.1, -0.05) is 0 Å². The van der Waals surface area contributed by atoms with Gasteiger partial charge in [-0.3, -0.25) is 9.59 Å². The highest BCUT2D eigenvalue weighted by Crippen LogP contribution is 2.34. The molecule has 0 aromatic carbocycles. The van der Waals surface area contributed by atoms with Gasteiger partial charge in [-0.25, -0.2) is 14.3 Å². The van der Waals surface area contributed by atoms with Crippen molar-refractivity contribution < 1.29 is 32.3 Å². The summed E-state index contributed by atoms with van der Waals surface area (Å²) in [5.41, 5.74) is 1.34. The molecule has 3 heterocycles. The number of amides is 2. The van der Waals surface area contributed by atoms with E-state index in [1.165, 1.54) is 14.0 Å². The predicted molar refractivity (Wildman–Crippen MR) is 116 cm³/mol. The van der Waals surface area contributed by atoms with Gasteiger partial charge in [0, 0.05) is 24.0 Å². The van der Waals surface area contributed by atoms with Crippen molar-refractivity contribution in [3.8, 4) is 0 Å². The molecule has 0 bridgehead atoms. The maximum Gasteiger partial charge on any atom is 0.453 e. The number of nitrogens with one attached hydrogen (secondary N) is 2. The third kappa shape index (κ3) is 4.71. The van der Waals surface area contributed by atoms with Gasteiger partial charge in [-0.2, -0.15) is 18.2 Å². The van der Waals surface area contributed by atoms with E-state index in [9.17, 15) is 27.6 Å². The summed E-state index contributed by atoms with van der Waals surface area (Å²) in [6.45, 7) is 6.33. The molecule has 3 aromatic rings. The summed E-state index contributed by atoms with van der Waals surface area (Å²) in [6.07, 6.45) is -5.01. The van der Waals surface area contributed by atoms with Crippen LogP contribution in [0.4, 0.5) is 18.2 Å². The molecular formula is C20H21F3N6O4S. The Morgan fingerprint density at radius 3 is 2.41 bits per heavy atom. The lowest BCUT2D eigenvalue weighted by molar-refractivity contribution is -0.144. The van der Waals surface area contributed by atoms with Gasteiger partial charge in [0.25, 0.3) is 17.5 Å². The van der Waals surface area contributed by atoms with Crippen LogP contribution in [0.25, 0.3) is 5.78 Å². The highest BCUT2D eigenvalue weighted by molar-refractivity contribution is 7.18. The standard InChI is InChI=1S/C20H21F3N6O4S/c1-6-33-17(32)13-8(2)14(15(31)24-5)34-16(13)26-12(30)7-11-9(3)25-19-27-18(20(21,22)23)28-29(19)10(11)4/h6-7H2,1-5H3,(H,24,31)(H,26,30). The van der Waals surface area contributed by atoms with Gasteiger partial charge in [-0.15, -0.1) is 16.4 Å². The molecule has 3 aromatic heterocycles. The van der Waals surface area contributed by atoms with E-state index in [0.717, 1.165) is 15.9 Å². The third-order valence-corrected chi connectivity index (χ3v) is 6.16. The van der Waals surface area contributed by atoms with E-state index in [1.54, 1.807) is 20.8 Å². The number of esters is 1. The summed E-state index contributed by atoms with van der Waals surface area (Å²) in [5.74, 6) is -3.26. The largest absolute Gasteiger partial charge is 0.462 e. The first-order valence-electron chi connectivity index (χ1n) is 10.0. The zero-order valence-electron chi connectivity index (χ0n) is 18.9. The van der Waals surface area contributed by atoms with E-state index in [0.29, 0.717) is 16.8 Å². The van der Waals surface area contributed by atoms with Crippen molar-refractivity contribution in [3.63, 3.8) is 0 Å². The van der Waals surface area contributed by atoms with Crippen LogP contribution >= 0.6 is 11.3 Å². The van der Waals surface area contributed by atoms with Gasteiger partial charge in [0.1, 0.15) is 5.00 Å². The summed E-state index contributed by atoms with van der Waals surface area (Å²) >= 11 is 0.916. The number of aromatic nitrogens is 4. The molecule has 2 amide bonds. The molecule has 0 spiro atoms. The van der Waals surface area contributed by atoms with Gasteiger partial charge >= 0.3 is 12.1 Å². The van der Waals surface area contributed by atoms with Crippen LogP contribution in [-0.2, 0) is 22.1 Å². The number of hydrogen-bond acceptors (Lipinski definition) is 8. The number of hydrogen-bond donors (Lipinski definition) is 2. The van der Waals surface area contributed by atoms with Crippen molar-refractivity contribution in [2.75, 3.05) is 19.0 Å². The average Bonchev–Trinajstić information content (AvgIpc) is 3.32. The molecule has 34 heavy (non-hydrogen) atoms. The van der Waals surface area contributed by atoms with Crippen molar-refractivity contribution in [2.24, 2.45) is 0 Å². The van der Waals surface area contributed by atoms with Crippen LogP contribution in [0.15, 0.2) is 0 Å². The second kappa shape index (κ2) is 9.37. The lowest BCUT2D eigenvalue weighted by Gasteiger charge is -2.11. The SMILES string of the molecule is CCOC(=O)c1c(NC(=O)Cc2c(C)nc3nc(C(F)(F)F)nn3c2C)sc(C(=O)NC)c1C. The molecule has 0 saturated heterocycles. The number of ether oxygens (including phenoxy) is 1. The summed E-state index contributed by atoms with van der Waals surface area (Å²) in [7, 11) is 1.44. The van der Waals surface area contributed by atoms with Gasteiger partial charge in [0.2, 0.25) is 5.91 Å². The monoisotopic (exact) mass is 498 g/mol. The van der Waals surface area contributed by atoms with Crippen LogP contribution in [0.5, 0.6) is 0 Å². The minimum absolute atomic E-state index is 0.0620. The number of aryl methyl sites for hydroxylation is 2. The van der Waals surface area contributed by atoms with Crippen molar-refractivity contribution >= 4 is 39.9 Å². The number of alkyl halides is 3. The Labute approximate surface area is 195 Å². The average molecular weight is 498 g/mol. The second-order valence-electron chi connectivity index (χ2n) is 7.19. The van der Waals surface area contributed by atoms with Crippen LogP contribution in [0.3, 0.4) is 0 Å². The topological polar surface area (TPSA) is 128 Å². The van der Waals surface area contributed by atoms with E-state index in [-0.39, 0.29) is 39.9 Å². The Hall–Kier alpha value is -3.55. The maximum atomic E-state index is 13.0. The number of fused-ring (bicyclic) bond motifs is 1. The lowest BCUT2D eigenvalue weighted by Crippen LogP contribution is -2.19. The van der Waals surface area contributed by atoms with Crippen molar-refractivity contribution in [3.05, 3.63) is 38.8 Å². The Bertz CT molecular complexity index is 1300. The quantitative estimate of drug-likeness (QED) is 0.500. The molecule has 2 N–H and O–H groups in total. The number of carbonyl (C=O) groups excluding carboxylic acids is 3. The van der Waals surface area contributed by atoms with Crippen molar-refractivity contribution in [1.82, 2.24) is 24.9 Å². The molecule has 0 aliphatic carbocycles. The number of anilines is 1. The summed E-state index contributed by atoms with van der Waals surface area (Å²) in [5, 5.41) is 8.68. The first-order chi connectivity index (χ1) is 15.9. The predicted octanol–water partition coefficient (Wildman–Crippen LogP) is 2.85. The van der Waals surface area contributed by atoms with Gasteiger partial charge in [0.05, 0.1) is 23.5 Å². The third-order valence-electron chi connectivity index (χ3n) is 4.95. The number of rotatable bonds is 6. The minimum atomic E-state index is -4.74. The highest BCUT2D eigenvalue weighted by atomic mass is 32.1. The highest BCUT2D eigenvalue weighted by Gasteiger charge is 2.37. The van der Waals surface area contributed by atoms with Crippen LogP contribution in [0, 0.1) is 20.8 Å². The first-order valence-corrected chi connectivity index (χ1v) is 10.8. The maximum absolute atomic E-state index is 13.0. The van der Waals surface area contributed by atoms with Crippen LogP contribution < -0.4 is 10.6 Å². The molecule has 14 heteroatoms. The molecular weight excluding hydrogens is 477 g/mol. The number of carbonyl (C=O) groups is 3. The molecule has 0 aliphatic heterocycles. The number of halogens is 3. The van der Waals surface area contributed by atoms with E-state index >= 15 is 0 Å². The van der Waals surface area contributed by atoms with Gasteiger partial charge in [-0.05, 0) is 33.3 Å². The number of thiophene rings is 1. The Kier molecular flexibility index (Phi) is 6.91. The molecule has 182 valence electrons. The minimum Gasteiger partial charge on any atom is -0.462 e. The molecule has 0 radical (unpaired) electrons. The first kappa shape index (κ1) is 25.1. The summed E-state index contributed by atoms with van der Waals surface area (Å²) in [6, 6.07) is 0. The summed E-state index contributed by atoms with van der Waals surface area (Å²) < 4.78 is 45.0. The van der Waals surface area contributed by atoms with Crippen molar-refractivity contribution in [2.45, 2.75) is 40.3 Å². The zero-order chi connectivity index (χ0) is 25.4. The fourth-order valence-corrected chi connectivity index (χ4v) is 4.45. The lowest BCUT2D eigenvalue weighted by atomic mass is 10.1. The molecule has 0 saturated carbocycles. The van der Waals surface area contributed by atoms with Crippen LogP contribution in [-0.4, -0.2) is 51.0 Å². The second-order valence-corrected chi connectivity index (χ2v) is 8.21. The summed E-state index contributed by atoms with van der Waals surface area (Å²) in [4.78, 5) is 45.2. The fourth-order valence-electron chi connectivity index (χ4n) is 3.30. The van der Waals surface area contributed by atoms with Gasteiger partial charge in [0.15, 0.2) is 0 Å². The Morgan fingerprint density at radius 2 is 1.82 bits per heavy atom. The molecule has 0 unspecified atom stereocenters. The normalized spacial score (nSPS) is 11.5. The smallest absolute Gasteiger partial charge is 0.453 e. The van der Waals surface area contributed by atoms with E-state index < -0.39 is 29.8 Å². The van der Waals surface area contributed by atoms with Gasteiger partial charge < -0.3 is 15.4 Å². The van der Waals surface area contributed by atoms with E-state index in [1.807, 2.05) is 0 Å². The Morgan fingerprint density at radius 1 is 1.15 bits per heavy atom. The van der Waals surface area contributed by atoms with Crippen LogP contribution in [0.1, 0.15) is 55.3 Å². The zero-order valence-corrected chi connectivity index (χ0v) is 19.7. The van der Waals surface area contributed by atoms with E-state index in [4.69, 9.17) is 4.74 Å². The Balaban J connectivity index is 1.95.